The summed E-state index contributed by atoms with van der Waals surface area (Å²) < 4.78 is 7.52. The van der Waals surface area contributed by atoms with Gasteiger partial charge in [-0.3, -0.25) is 18.7 Å². The van der Waals surface area contributed by atoms with Crippen LogP contribution in [0.15, 0.2) is 39.6 Å². The number of Topliss-reactive ketones (excluding diaryl/α,β-unsaturated/α-hetero) is 1. The van der Waals surface area contributed by atoms with E-state index in [9.17, 15) is 14.4 Å². The second kappa shape index (κ2) is 6.43. The van der Waals surface area contributed by atoms with Gasteiger partial charge in [-0.1, -0.05) is 19.1 Å². The van der Waals surface area contributed by atoms with E-state index in [4.69, 9.17) is 4.74 Å². The summed E-state index contributed by atoms with van der Waals surface area (Å²) in [5.41, 5.74) is 0.0493. The molecule has 2 aromatic rings. The summed E-state index contributed by atoms with van der Waals surface area (Å²) in [6.45, 7) is 2.35. The molecular weight excluding hydrogens is 322 g/mol. The highest BCUT2D eigenvalue weighted by atomic mass is 16.5. The van der Waals surface area contributed by atoms with Crippen molar-refractivity contribution in [2.75, 3.05) is 12.4 Å². The molecule has 1 aliphatic rings. The minimum Gasteiger partial charge on any atom is -0.497 e. The lowest BCUT2D eigenvalue weighted by molar-refractivity contribution is 0.104. The Morgan fingerprint density at radius 2 is 1.84 bits per heavy atom. The molecule has 7 heteroatoms. The minimum atomic E-state index is -0.581. The van der Waals surface area contributed by atoms with E-state index in [0.717, 1.165) is 10.1 Å². The standard InChI is InChI=1S/C18H19N3O4/c1-4-9-21-16-14(17(23)20(2)18(21)24)15(22)13(19-16)10-11-5-7-12(25-3)8-6-11/h5-8,10,19H,4,9H2,1-3H3/b13-10-. The smallest absolute Gasteiger partial charge is 0.332 e. The molecule has 0 atom stereocenters. The summed E-state index contributed by atoms with van der Waals surface area (Å²) in [4.78, 5) is 37.4. The predicted octanol–water partition coefficient (Wildman–Crippen LogP) is 1.61. The molecule has 130 valence electrons. The van der Waals surface area contributed by atoms with Crippen LogP contribution in [0.4, 0.5) is 5.82 Å². The van der Waals surface area contributed by atoms with Gasteiger partial charge in [-0.15, -0.1) is 0 Å². The number of ether oxygens (including phenoxy) is 1. The zero-order valence-corrected chi connectivity index (χ0v) is 14.3. The number of hydrogen-bond acceptors (Lipinski definition) is 5. The Balaban J connectivity index is 2.10. The molecular formula is C18H19N3O4. The van der Waals surface area contributed by atoms with Crippen molar-refractivity contribution < 1.29 is 9.53 Å². The zero-order valence-electron chi connectivity index (χ0n) is 14.3. The Kier molecular flexibility index (Phi) is 4.31. The minimum absolute atomic E-state index is 0.00955. The number of methoxy groups -OCH3 is 1. The summed E-state index contributed by atoms with van der Waals surface area (Å²) in [5, 5.41) is 2.95. The zero-order chi connectivity index (χ0) is 18.1. The third-order valence-corrected chi connectivity index (χ3v) is 4.14. The van der Waals surface area contributed by atoms with Crippen molar-refractivity contribution in [1.29, 1.82) is 0 Å². The monoisotopic (exact) mass is 341 g/mol. The lowest BCUT2D eigenvalue weighted by Crippen LogP contribution is -2.40. The molecule has 0 saturated heterocycles. The number of carbonyl (C=O) groups is 1. The fourth-order valence-electron chi connectivity index (χ4n) is 2.82. The quantitative estimate of drug-likeness (QED) is 0.855. The molecule has 0 unspecified atom stereocenters. The van der Waals surface area contributed by atoms with Crippen LogP contribution >= 0.6 is 0 Å². The molecule has 0 amide bonds. The molecule has 0 bridgehead atoms. The van der Waals surface area contributed by atoms with Gasteiger partial charge < -0.3 is 10.1 Å². The maximum atomic E-state index is 12.7. The van der Waals surface area contributed by atoms with Crippen LogP contribution < -0.4 is 21.3 Å². The van der Waals surface area contributed by atoms with E-state index in [1.165, 1.54) is 11.6 Å². The maximum absolute atomic E-state index is 12.7. The number of nitrogens with zero attached hydrogens (tertiary/aromatic N) is 2. The van der Waals surface area contributed by atoms with E-state index in [0.29, 0.717) is 18.7 Å². The number of rotatable bonds is 4. The summed E-state index contributed by atoms with van der Waals surface area (Å²) in [6.07, 6.45) is 2.36. The highest BCUT2D eigenvalue weighted by Gasteiger charge is 2.32. The average molecular weight is 341 g/mol. The van der Waals surface area contributed by atoms with E-state index in [1.54, 1.807) is 37.5 Å². The molecule has 1 aromatic heterocycles. The number of allylic oxidation sites excluding steroid dienone is 1. The lowest BCUT2D eigenvalue weighted by Gasteiger charge is -2.11. The highest BCUT2D eigenvalue weighted by molar-refractivity contribution is 6.19. The maximum Gasteiger partial charge on any atom is 0.332 e. The molecule has 0 fully saturated rings. The first kappa shape index (κ1) is 16.8. The number of hydrogen-bond donors (Lipinski definition) is 1. The summed E-state index contributed by atoms with van der Waals surface area (Å²) >= 11 is 0. The number of aromatic nitrogens is 2. The van der Waals surface area contributed by atoms with Crippen LogP contribution in [-0.2, 0) is 13.6 Å². The van der Waals surface area contributed by atoms with E-state index in [2.05, 4.69) is 5.32 Å². The number of fused-ring (bicyclic) bond motifs is 1. The Bertz CT molecular complexity index is 981. The molecule has 0 radical (unpaired) electrons. The second-order valence-electron chi connectivity index (χ2n) is 5.81. The van der Waals surface area contributed by atoms with Gasteiger partial charge in [0.05, 0.1) is 12.8 Å². The summed E-state index contributed by atoms with van der Waals surface area (Å²) in [5.74, 6) is 0.581. The Morgan fingerprint density at radius 1 is 1.16 bits per heavy atom. The van der Waals surface area contributed by atoms with Gasteiger partial charge >= 0.3 is 5.69 Å². The van der Waals surface area contributed by atoms with Crippen LogP contribution in [0.5, 0.6) is 5.75 Å². The van der Waals surface area contributed by atoms with Crippen LogP contribution in [0.1, 0.15) is 29.3 Å². The van der Waals surface area contributed by atoms with E-state index < -0.39 is 17.0 Å². The molecule has 1 aliphatic heterocycles. The van der Waals surface area contributed by atoms with Crippen molar-refractivity contribution in [3.05, 3.63) is 61.9 Å². The van der Waals surface area contributed by atoms with Crippen molar-refractivity contribution in [2.45, 2.75) is 19.9 Å². The van der Waals surface area contributed by atoms with Crippen molar-refractivity contribution in [2.24, 2.45) is 7.05 Å². The topological polar surface area (TPSA) is 82.3 Å². The molecule has 2 heterocycles. The van der Waals surface area contributed by atoms with Crippen LogP contribution in [0, 0.1) is 0 Å². The SMILES string of the molecule is CCCn1c2c(c(=O)n(C)c1=O)C(=O)/C(=C/c1ccc(OC)cc1)N2. The first-order valence-electron chi connectivity index (χ1n) is 7.99. The van der Waals surface area contributed by atoms with Gasteiger partial charge in [-0.2, -0.15) is 0 Å². The third kappa shape index (κ3) is 2.77. The van der Waals surface area contributed by atoms with Gasteiger partial charge in [0.1, 0.15) is 17.1 Å². The van der Waals surface area contributed by atoms with Crippen molar-refractivity contribution in [3.63, 3.8) is 0 Å². The Morgan fingerprint density at radius 3 is 2.44 bits per heavy atom. The van der Waals surface area contributed by atoms with Gasteiger partial charge in [0.15, 0.2) is 0 Å². The number of anilines is 1. The number of ketones is 1. The van der Waals surface area contributed by atoms with Crippen molar-refractivity contribution >= 4 is 17.7 Å². The Hall–Kier alpha value is -3.09. The summed E-state index contributed by atoms with van der Waals surface area (Å²) in [7, 11) is 2.96. The largest absolute Gasteiger partial charge is 0.497 e. The predicted molar refractivity (Wildman–Crippen MR) is 95.2 cm³/mol. The first-order valence-corrected chi connectivity index (χ1v) is 7.99. The molecule has 0 spiro atoms. The van der Waals surface area contributed by atoms with Gasteiger partial charge in [-0.25, -0.2) is 4.79 Å². The second-order valence-corrected chi connectivity index (χ2v) is 5.81. The van der Waals surface area contributed by atoms with Crippen LogP contribution in [-0.4, -0.2) is 22.0 Å². The fraction of sp³-hybridized carbons (Fsp3) is 0.278. The van der Waals surface area contributed by atoms with Crippen LogP contribution in [0.2, 0.25) is 0 Å². The van der Waals surface area contributed by atoms with E-state index >= 15 is 0 Å². The number of carbonyl (C=O) groups excluding carboxylic acids is 1. The van der Waals surface area contributed by atoms with Crippen LogP contribution in [0.3, 0.4) is 0 Å². The van der Waals surface area contributed by atoms with Crippen LogP contribution in [0.25, 0.3) is 6.08 Å². The van der Waals surface area contributed by atoms with Crippen molar-refractivity contribution in [3.8, 4) is 5.75 Å². The van der Waals surface area contributed by atoms with E-state index in [-0.39, 0.29) is 17.1 Å². The molecule has 0 saturated carbocycles. The molecule has 7 nitrogen and oxygen atoms in total. The number of benzene rings is 1. The Labute approximate surface area is 144 Å². The van der Waals surface area contributed by atoms with E-state index in [1.807, 2.05) is 6.92 Å². The van der Waals surface area contributed by atoms with Crippen molar-refractivity contribution in [1.82, 2.24) is 9.13 Å². The molecule has 1 aromatic carbocycles. The highest BCUT2D eigenvalue weighted by Crippen LogP contribution is 2.26. The summed E-state index contributed by atoms with van der Waals surface area (Å²) in [6, 6.07) is 7.18. The molecule has 0 aliphatic carbocycles. The fourth-order valence-corrected chi connectivity index (χ4v) is 2.82. The number of nitrogens with one attached hydrogen (secondary N) is 1. The first-order chi connectivity index (χ1) is 12.0. The average Bonchev–Trinajstić information content (AvgIpc) is 2.94. The molecule has 1 N–H and O–H groups in total. The molecule has 25 heavy (non-hydrogen) atoms. The van der Waals surface area contributed by atoms with Gasteiger partial charge in [0, 0.05) is 13.6 Å². The van der Waals surface area contributed by atoms with Gasteiger partial charge in [0.2, 0.25) is 5.78 Å². The molecule has 3 rings (SSSR count). The normalized spacial score (nSPS) is 14.5. The lowest BCUT2D eigenvalue weighted by atomic mass is 10.1. The van der Waals surface area contributed by atoms with Gasteiger partial charge in [0.25, 0.3) is 5.56 Å². The van der Waals surface area contributed by atoms with Gasteiger partial charge in [-0.05, 0) is 30.2 Å². The third-order valence-electron chi connectivity index (χ3n) is 4.14.